The minimum Gasteiger partial charge on any atom is -0.307 e. The van der Waals surface area contributed by atoms with Crippen molar-refractivity contribution in [2.24, 2.45) is 0 Å². The summed E-state index contributed by atoms with van der Waals surface area (Å²) in [5, 5.41) is 6.09. The number of nitrogens with zero attached hydrogens (tertiary/aromatic N) is 2. The van der Waals surface area contributed by atoms with Crippen molar-refractivity contribution in [3.8, 4) is 0 Å². The van der Waals surface area contributed by atoms with Crippen molar-refractivity contribution in [3.63, 3.8) is 0 Å². The SMILES string of the molecule is Cc1cc2nc3c(c(=O)n2[nH]1)CNC3. The predicted octanol–water partition coefficient (Wildman–Crippen LogP) is -0.0658. The van der Waals surface area contributed by atoms with Crippen LogP contribution in [0, 0.1) is 6.92 Å². The van der Waals surface area contributed by atoms with Crippen LogP contribution in [-0.4, -0.2) is 14.6 Å². The van der Waals surface area contributed by atoms with Gasteiger partial charge in [-0.15, -0.1) is 0 Å². The molecule has 0 radical (unpaired) electrons. The number of aryl methyl sites for hydroxylation is 1. The lowest BCUT2D eigenvalue weighted by atomic mass is 10.3. The maximum absolute atomic E-state index is 11.9. The fourth-order valence-corrected chi connectivity index (χ4v) is 1.86. The molecule has 0 bridgehead atoms. The van der Waals surface area contributed by atoms with Gasteiger partial charge in [-0.25, -0.2) is 9.50 Å². The molecule has 0 saturated heterocycles. The molecule has 5 nitrogen and oxygen atoms in total. The molecular formula is C9H10N4O. The van der Waals surface area contributed by atoms with E-state index in [9.17, 15) is 4.79 Å². The minimum atomic E-state index is 0.0168. The molecule has 0 aromatic carbocycles. The number of nitrogens with one attached hydrogen (secondary N) is 2. The quantitative estimate of drug-likeness (QED) is 0.611. The Labute approximate surface area is 79.8 Å². The van der Waals surface area contributed by atoms with Gasteiger partial charge in [-0.2, -0.15) is 0 Å². The third-order valence-electron chi connectivity index (χ3n) is 2.52. The Hall–Kier alpha value is -1.62. The van der Waals surface area contributed by atoms with Crippen molar-refractivity contribution in [3.05, 3.63) is 33.4 Å². The van der Waals surface area contributed by atoms with Crippen LogP contribution in [0.1, 0.15) is 17.0 Å². The van der Waals surface area contributed by atoms with E-state index >= 15 is 0 Å². The van der Waals surface area contributed by atoms with Crippen LogP contribution in [0.3, 0.4) is 0 Å². The van der Waals surface area contributed by atoms with Gasteiger partial charge in [-0.1, -0.05) is 0 Å². The van der Waals surface area contributed by atoms with Gasteiger partial charge in [0.25, 0.3) is 5.56 Å². The van der Waals surface area contributed by atoms with Crippen molar-refractivity contribution in [1.82, 2.24) is 19.9 Å². The Morgan fingerprint density at radius 3 is 3.21 bits per heavy atom. The minimum absolute atomic E-state index is 0.0168. The van der Waals surface area contributed by atoms with Crippen LogP contribution in [-0.2, 0) is 13.1 Å². The number of rotatable bonds is 0. The summed E-state index contributed by atoms with van der Waals surface area (Å²) in [5.74, 6) is 0. The standard InChI is InChI=1S/C9H10N4O/c1-5-2-8-11-7-4-10-3-6(7)9(14)13(8)12-5/h2,10,12H,3-4H2,1H3. The molecular weight excluding hydrogens is 180 g/mol. The summed E-state index contributed by atoms with van der Waals surface area (Å²) in [6.07, 6.45) is 0. The fourth-order valence-electron chi connectivity index (χ4n) is 1.86. The number of hydrogen-bond acceptors (Lipinski definition) is 3. The monoisotopic (exact) mass is 190 g/mol. The zero-order valence-electron chi connectivity index (χ0n) is 7.79. The van der Waals surface area contributed by atoms with Gasteiger partial charge < -0.3 is 5.32 Å². The predicted molar refractivity (Wildman–Crippen MR) is 51.1 cm³/mol. The summed E-state index contributed by atoms with van der Waals surface area (Å²) in [7, 11) is 0. The molecule has 3 rings (SSSR count). The first-order chi connectivity index (χ1) is 6.75. The summed E-state index contributed by atoms with van der Waals surface area (Å²) in [5.41, 5.74) is 3.34. The van der Waals surface area contributed by atoms with Crippen molar-refractivity contribution in [1.29, 1.82) is 0 Å². The first-order valence-electron chi connectivity index (χ1n) is 4.56. The molecule has 14 heavy (non-hydrogen) atoms. The zero-order chi connectivity index (χ0) is 9.71. The summed E-state index contributed by atoms with van der Waals surface area (Å²) in [6.45, 7) is 3.24. The van der Waals surface area contributed by atoms with Gasteiger partial charge in [0.1, 0.15) is 0 Å². The van der Waals surface area contributed by atoms with Gasteiger partial charge in [-0.05, 0) is 6.92 Å². The maximum Gasteiger partial charge on any atom is 0.277 e. The van der Waals surface area contributed by atoms with E-state index in [1.54, 1.807) is 0 Å². The number of aromatic nitrogens is 3. The van der Waals surface area contributed by atoms with E-state index in [0.29, 0.717) is 18.7 Å². The Morgan fingerprint density at radius 2 is 2.36 bits per heavy atom. The normalized spacial score (nSPS) is 14.9. The molecule has 1 aliphatic rings. The van der Waals surface area contributed by atoms with Crippen LogP contribution < -0.4 is 10.9 Å². The lowest BCUT2D eigenvalue weighted by Crippen LogP contribution is -2.20. The average Bonchev–Trinajstić information content (AvgIpc) is 2.71. The molecule has 1 aliphatic heterocycles. The lowest BCUT2D eigenvalue weighted by molar-refractivity contribution is 0.756. The molecule has 0 amide bonds. The van der Waals surface area contributed by atoms with Crippen LogP contribution in [0.15, 0.2) is 10.9 Å². The van der Waals surface area contributed by atoms with E-state index in [2.05, 4.69) is 15.4 Å². The van der Waals surface area contributed by atoms with E-state index < -0.39 is 0 Å². The molecule has 0 unspecified atom stereocenters. The van der Waals surface area contributed by atoms with E-state index in [0.717, 1.165) is 17.0 Å². The average molecular weight is 190 g/mol. The molecule has 5 heteroatoms. The zero-order valence-corrected chi connectivity index (χ0v) is 7.79. The second-order valence-electron chi connectivity index (χ2n) is 3.58. The van der Waals surface area contributed by atoms with Crippen LogP contribution in [0.5, 0.6) is 0 Å². The highest BCUT2D eigenvalue weighted by Crippen LogP contribution is 2.10. The molecule has 2 aromatic rings. The maximum atomic E-state index is 11.9. The lowest BCUT2D eigenvalue weighted by Gasteiger charge is -1.97. The van der Waals surface area contributed by atoms with Crippen LogP contribution in [0.25, 0.3) is 5.65 Å². The van der Waals surface area contributed by atoms with Crippen LogP contribution >= 0.6 is 0 Å². The second kappa shape index (κ2) is 2.45. The molecule has 2 aromatic heterocycles. The molecule has 0 spiro atoms. The van der Waals surface area contributed by atoms with E-state index in [1.165, 1.54) is 4.52 Å². The van der Waals surface area contributed by atoms with E-state index in [-0.39, 0.29) is 5.56 Å². The number of hydrogen-bond donors (Lipinski definition) is 2. The molecule has 3 heterocycles. The first kappa shape index (κ1) is 7.75. The summed E-state index contributed by atoms with van der Waals surface area (Å²) < 4.78 is 1.50. The Kier molecular flexibility index (Phi) is 1.36. The van der Waals surface area contributed by atoms with Gasteiger partial charge in [0, 0.05) is 24.8 Å². The number of fused-ring (bicyclic) bond motifs is 2. The van der Waals surface area contributed by atoms with Crippen molar-refractivity contribution < 1.29 is 0 Å². The smallest absolute Gasteiger partial charge is 0.277 e. The third kappa shape index (κ3) is 0.871. The van der Waals surface area contributed by atoms with E-state index in [1.807, 2.05) is 13.0 Å². The Morgan fingerprint density at radius 1 is 1.50 bits per heavy atom. The van der Waals surface area contributed by atoms with Crippen molar-refractivity contribution in [2.75, 3.05) is 0 Å². The van der Waals surface area contributed by atoms with Gasteiger partial charge in [0.15, 0.2) is 5.65 Å². The van der Waals surface area contributed by atoms with Crippen LogP contribution in [0.4, 0.5) is 0 Å². The molecule has 0 atom stereocenters. The summed E-state index contributed by atoms with van der Waals surface area (Å²) in [6, 6.07) is 1.88. The van der Waals surface area contributed by atoms with Gasteiger partial charge in [0.2, 0.25) is 0 Å². The summed E-state index contributed by atoms with van der Waals surface area (Å²) in [4.78, 5) is 16.3. The summed E-state index contributed by atoms with van der Waals surface area (Å²) >= 11 is 0. The molecule has 0 aliphatic carbocycles. The van der Waals surface area contributed by atoms with Crippen molar-refractivity contribution in [2.45, 2.75) is 20.0 Å². The van der Waals surface area contributed by atoms with Gasteiger partial charge >= 0.3 is 0 Å². The Bertz CT molecular complexity index is 566. The highest BCUT2D eigenvalue weighted by molar-refractivity contribution is 5.42. The third-order valence-corrected chi connectivity index (χ3v) is 2.52. The van der Waals surface area contributed by atoms with E-state index in [4.69, 9.17) is 0 Å². The largest absolute Gasteiger partial charge is 0.307 e. The van der Waals surface area contributed by atoms with Crippen molar-refractivity contribution >= 4 is 5.65 Å². The first-order valence-corrected chi connectivity index (χ1v) is 4.56. The highest BCUT2D eigenvalue weighted by atomic mass is 16.1. The molecule has 72 valence electrons. The highest BCUT2D eigenvalue weighted by Gasteiger charge is 2.17. The van der Waals surface area contributed by atoms with Crippen LogP contribution in [0.2, 0.25) is 0 Å². The number of H-pyrrole nitrogens is 1. The second-order valence-corrected chi connectivity index (χ2v) is 3.58. The Balaban J connectivity index is 2.49. The number of aromatic amines is 1. The fraction of sp³-hybridized carbons (Fsp3) is 0.333. The molecule has 0 saturated carbocycles. The van der Waals surface area contributed by atoms with Gasteiger partial charge in [-0.3, -0.25) is 9.89 Å². The topological polar surface area (TPSA) is 62.2 Å². The molecule has 2 N–H and O–H groups in total. The molecule has 0 fully saturated rings. The van der Waals surface area contributed by atoms with Gasteiger partial charge in [0.05, 0.1) is 11.3 Å².